The summed E-state index contributed by atoms with van der Waals surface area (Å²) in [6.07, 6.45) is 11.2. The molecule has 2 aromatic rings. The van der Waals surface area contributed by atoms with Crippen LogP contribution in [0.4, 0.5) is 0 Å². The van der Waals surface area contributed by atoms with Gasteiger partial charge in [-0.15, -0.1) is 0 Å². The van der Waals surface area contributed by atoms with Gasteiger partial charge in [0.25, 0.3) is 0 Å². The summed E-state index contributed by atoms with van der Waals surface area (Å²) in [6, 6.07) is 17.9. The van der Waals surface area contributed by atoms with Gasteiger partial charge in [0.2, 0.25) is 0 Å². The van der Waals surface area contributed by atoms with Crippen molar-refractivity contribution in [1.82, 2.24) is 31.9 Å². The third kappa shape index (κ3) is 5.25. The first-order valence-corrected chi connectivity index (χ1v) is 15.9. The van der Waals surface area contributed by atoms with Crippen molar-refractivity contribution >= 4 is 0 Å². The zero-order chi connectivity index (χ0) is 26.2. The zero-order valence-corrected chi connectivity index (χ0v) is 29.1. The standard InChI is InChI=1S/C32H42N8.2Na/c1-2-10-18-17(9-1)25-33-26(18)38-28-21-13-5-6-14-22(21)30(35-28)40-32-24-16-8-7-15-23(24)31(36-32)39-29-20-12-4-3-11-19(20)27(34-29)37-25;;/h1-2,7-10,15-16,19-22,25-33,36-40H,3-6,11-14H2;;/q-2;2*+1. The molecule has 0 amide bonds. The van der Waals surface area contributed by atoms with Gasteiger partial charge in [-0.3, -0.25) is 10.6 Å². The fraction of sp³-hybridized carbons (Fsp3) is 0.625. The van der Waals surface area contributed by atoms with Crippen LogP contribution in [-0.4, -0.2) is 24.7 Å². The van der Waals surface area contributed by atoms with Gasteiger partial charge < -0.3 is 31.9 Å². The van der Waals surface area contributed by atoms with Crippen molar-refractivity contribution < 1.29 is 59.1 Å². The molecule has 12 unspecified atom stereocenters. The maximum atomic E-state index is 5.48. The predicted octanol–water partition coefficient (Wildman–Crippen LogP) is -1.34. The second kappa shape index (κ2) is 12.7. The van der Waals surface area contributed by atoms with E-state index in [0.29, 0.717) is 23.7 Å². The van der Waals surface area contributed by atoms with Crippen LogP contribution in [0.2, 0.25) is 0 Å². The quantitative estimate of drug-likeness (QED) is 0.215. The molecule has 42 heavy (non-hydrogen) atoms. The van der Waals surface area contributed by atoms with Crippen molar-refractivity contribution in [3.63, 3.8) is 0 Å². The van der Waals surface area contributed by atoms with Crippen LogP contribution in [0, 0.1) is 23.7 Å². The van der Waals surface area contributed by atoms with Crippen LogP contribution in [0.25, 0.3) is 10.6 Å². The second-order valence-electron chi connectivity index (χ2n) is 13.3. The molecule has 8 bridgehead atoms. The van der Waals surface area contributed by atoms with Gasteiger partial charge in [-0.25, -0.2) is 0 Å². The molecule has 5 heterocycles. The summed E-state index contributed by atoms with van der Waals surface area (Å²) in [6.45, 7) is 0. The Morgan fingerprint density at radius 1 is 0.405 bits per heavy atom. The SMILES string of the molecule is [Na+].[Na+].c1ccc2c(c1)C1NC2NC2[N-]C(NC3NC(NC4[N-]C(N1)C1CCCCC41)c1ccccc13)C1CCCCC21. The number of benzene rings is 2. The Kier molecular flexibility index (Phi) is 9.32. The molecule has 12 atom stereocenters. The van der Waals surface area contributed by atoms with E-state index >= 15 is 0 Å². The Morgan fingerprint density at radius 3 is 0.929 bits per heavy atom. The molecule has 0 spiro atoms. The minimum atomic E-state index is 0. The van der Waals surface area contributed by atoms with Crippen molar-refractivity contribution in [3.8, 4) is 0 Å². The molecule has 2 aromatic carbocycles. The van der Waals surface area contributed by atoms with E-state index in [0.717, 1.165) is 0 Å². The van der Waals surface area contributed by atoms with Crippen LogP contribution in [0.1, 0.15) is 98.3 Å². The Morgan fingerprint density at radius 2 is 0.667 bits per heavy atom. The van der Waals surface area contributed by atoms with Crippen molar-refractivity contribution in [2.24, 2.45) is 23.7 Å². The molecule has 0 aromatic heterocycles. The molecule has 5 fully saturated rings. The number of hydrogen-bond acceptors (Lipinski definition) is 6. The van der Waals surface area contributed by atoms with Crippen molar-refractivity contribution in [3.05, 3.63) is 81.4 Å². The van der Waals surface area contributed by atoms with E-state index in [9.17, 15) is 0 Å². The van der Waals surface area contributed by atoms with Gasteiger partial charge in [-0.05, 0) is 45.9 Å². The molecular weight excluding hydrogens is 542 g/mol. The topological polar surface area (TPSA) is 100 Å². The Bertz CT molecular complexity index is 1080. The first-order valence-electron chi connectivity index (χ1n) is 15.9. The summed E-state index contributed by atoms with van der Waals surface area (Å²) in [5.41, 5.74) is 5.41. The van der Waals surface area contributed by atoms with Gasteiger partial charge in [0, 0.05) is 0 Å². The number of fused-ring (bicyclic) bond motifs is 20. The fourth-order valence-corrected chi connectivity index (χ4v) is 9.40. The largest absolute Gasteiger partial charge is 1.00 e. The molecule has 10 heteroatoms. The van der Waals surface area contributed by atoms with E-state index in [1.165, 1.54) is 73.6 Å². The third-order valence-electron chi connectivity index (χ3n) is 11.3. The summed E-state index contributed by atoms with van der Waals surface area (Å²) >= 11 is 0. The molecule has 3 saturated heterocycles. The Labute approximate surface area is 294 Å². The van der Waals surface area contributed by atoms with E-state index in [1.54, 1.807) is 0 Å². The van der Waals surface area contributed by atoms with Crippen LogP contribution in [0.3, 0.4) is 0 Å². The van der Waals surface area contributed by atoms with Gasteiger partial charge in [0.05, 0.1) is 24.7 Å². The van der Waals surface area contributed by atoms with E-state index in [-0.39, 0.29) is 108 Å². The Balaban J connectivity index is 0.00000144. The van der Waals surface area contributed by atoms with Gasteiger partial charge in [0.1, 0.15) is 0 Å². The first kappa shape index (κ1) is 30.8. The minimum Gasteiger partial charge on any atom is -0.632 e. The molecule has 2 saturated carbocycles. The molecule has 9 rings (SSSR count). The summed E-state index contributed by atoms with van der Waals surface area (Å²) < 4.78 is 0. The summed E-state index contributed by atoms with van der Waals surface area (Å²) in [7, 11) is 0. The summed E-state index contributed by atoms with van der Waals surface area (Å²) in [5.74, 6) is 2.29. The van der Waals surface area contributed by atoms with E-state index in [4.69, 9.17) is 10.6 Å². The fourth-order valence-electron chi connectivity index (χ4n) is 9.40. The maximum Gasteiger partial charge on any atom is 1.00 e. The maximum absolute atomic E-state index is 5.48. The van der Waals surface area contributed by atoms with E-state index < -0.39 is 0 Å². The normalized spacial score (nSPS) is 43.2. The molecule has 6 N–H and O–H groups in total. The van der Waals surface area contributed by atoms with Crippen LogP contribution >= 0.6 is 0 Å². The molecular formula is C32H42N8Na2. The molecule has 7 aliphatic rings. The first-order chi connectivity index (χ1) is 19.8. The minimum absolute atomic E-state index is 0. The summed E-state index contributed by atoms with van der Waals surface area (Å²) in [4.78, 5) is 0. The predicted molar refractivity (Wildman–Crippen MR) is 155 cm³/mol. The van der Waals surface area contributed by atoms with Crippen molar-refractivity contribution in [1.29, 1.82) is 0 Å². The number of hydrogen-bond donors (Lipinski definition) is 6. The monoisotopic (exact) mass is 584 g/mol. The number of rotatable bonds is 0. The molecule has 212 valence electrons. The number of nitrogens with one attached hydrogen (secondary N) is 6. The van der Waals surface area contributed by atoms with Gasteiger partial charge in [-0.2, -0.15) is 0 Å². The van der Waals surface area contributed by atoms with Crippen LogP contribution in [-0.2, 0) is 0 Å². The molecule has 2 aliphatic carbocycles. The average Bonchev–Trinajstić information content (AvgIpc) is 3.73. The smallest absolute Gasteiger partial charge is 0.632 e. The van der Waals surface area contributed by atoms with E-state index in [2.05, 4.69) is 80.4 Å². The second-order valence-corrected chi connectivity index (χ2v) is 13.3. The zero-order valence-electron chi connectivity index (χ0n) is 25.1. The van der Waals surface area contributed by atoms with Gasteiger partial charge in [-0.1, -0.05) is 125 Å². The third-order valence-corrected chi connectivity index (χ3v) is 11.3. The number of nitrogens with zero attached hydrogens (tertiary/aromatic N) is 2. The van der Waals surface area contributed by atoms with Crippen LogP contribution in [0.15, 0.2) is 48.5 Å². The summed E-state index contributed by atoms with van der Waals surface area (Å²) in [5, 5.41) is 34.9. The van der Waals surface area contributed by atoms with E-state index in [1.807, 2.05) is 0 Å². The average molecular weight is 585 g/mol. The molecule has 0 radical (unpaired) electrons. The van der Waals surface area contributed by atoms with Gasteiger partial charge in [0.15, 0.2) is 0 Å². The van der Waals surface area contributed by atoms with Crippen LogP contribution in [0.5, 0.6) is 0 Å². The van der Waals surface area contributed by atoms with Crippen molar-refractivity contribution in [2.45, 2.75) is 101 Å². The van der Waals surface area contributed by atoms with Crippen molar-refractivity contribution in [2.75, 3.05) is 0 Å². The van der Waals surface area contributed by atoms with Crippen LogP contribution < -0.4 is 91.0 Å². The molecule has 8 nitrogen and oxygen atoms in total. The Hall–Kier alpha value is 0.120. The van der Waals surface area contributed by atoms with Gasteiger partial charge >= 0.3 is 59.1 Å². The molecule has 5 aliphatic heterocycles.